The second-order valence-electron chi connectivity index (χ2n) is 9.35. The molecule has 8 nitrogen and oxygen atoms in total. The minimum atomic E-state index is -0.742. The highest BCUT2D eigenvalue weighted by molar-refractivity contribution is 9.11. The van der Waals surface area contributed by atoms with E-state index in [0.29, 0.717) is 55.6 Å². The standard InChI is InChI=1S/C30H24Br2N2O6S/c1-3-5-21-26(29(36)37-4-2)27(16-6-10-23-24(12-16)39-15-38-23)34-28(35)25(41-30(34)33-21)14-18-8-11-22(40-18)19-13-17(31)7-9-20(19)32/h6-14,27H,3-5,15H2,1-2H3/b25-14+/t27-/m1/s1. The number of aromatic nitrogens is 1. The first-order chi connectivity index (χ1) is 19.9. The van der Waals surface area contributed by atoms with Crippen molar-refractivity contribution in [2.75, 3.05) is 13.4 Å². The van der Waals surface area contributed by atoms with Gasteiger partial charge in [-0.2, -0.15) is 0 Å². The summed E-state index contributed by atoms with van der Waals surface area (Å²) in [5.41, 5.74) is 2.27. The van der Waals surface area contributed by atoms with E-state index in [4.69, 9.17) is 23.6 Å². The first kappa shape index (κ1) is 27.7. The lowest BCUT2D eigenvalue weighted by Crippen LogP contribution is -2.40. The highest BCUT2D eigenvalue weighted by Gasteiger charge is 2.35. The highest BCUT2D eigenvalue weighted by Crippen LogP contribution is 2.39. The van der Waals surface area contributed by atoms with Crippen molar-refractivity contribution in [2.24, 2.45) is 4.99 Å². The minimum absolute atomic E-state index is 0.116. The molecular weight excluding hydrogens is 676 g/mol. The van der Waals surface area contributed by atoms with Crippen molar-refractivity contribution in [3.8, 4) is 22.8 Å². The predicted molar refractivity (Wildman–Crippen MR) is 162 cm³/mol. The smallest absolute Gasteiger partial charge is 0.338 e. The summed E-state index contributed by atoms with van der Waals surface area (Å²) in [5.74, 6) is 1.86. The molecule has 0 saturated carbocycles. The Morgan fingerprint density at radius 1 is 1.12 bits per heavy atom. The van der Waals surface area contributed by atoms with E-state index in [1.165, 1.54) is 11.3 Å². The Morgan fingerprint density at radius 2 is 1.95 bits per heavy atom. The van der Waals surface area contributed by atoms with Gasteiger partial charge in [0.25, 0.3) is 5.56 Å². The molecule has 0 spiro atoms. The largest absolute Gasteiger partial charge is 0.463 e. The molecule has 2 aromatic heterocycles. The van der Waals surface area contributed by atoms with Crippen molar-refractivity contribution in [1.29, 1.82) is 0 Å². The monoisotopic (exact) mass is 698 g/mol. The molecule has 210 valence electrons. The van der Waals surface area contributed by atoms with Gasteiger partial charge in [-0.3, -0.25) is 9.36 Å². The number of fused-ring (bicyclic) bond motifs is 2. The lowest BCUT2D eigenvalue weighted by molar-refractivity contribution is -0.139. The Bertz CT molecular complexity index is 1890. The van der Waals surface area contributed by atoms with Gasteiger partial charge in [0.1, 0.15) is 11.5 Å². The summed E-state index contributed by atoms with van der Waals surface area (Å²) < 4.78 is 26.5. The van der Waals surface area contributed by atoms with E-state index in [-0.39, 0.29) is 19.0 Å². The number of hydrogen-bond acceptors (Lipinski definition) is 8. The van der Waals surface area contributed by atoms with Crippen molar-refractivity contribution < 1.29 is 23.4 Å². The Morgan fingerprint density at radius 3 is 2.76 bits per heavy atom. The van der Waals surface area contributed by atoms with E-state index in [9.17, 15) is 9.59 Å². The van der Waals surface area contributed by atoms with Crippen LogP contribution in [0.4, 0.5) is 0 Å². The maximum absolute atomic E-state index is 14.0. The normalized spacial score (nSPS) is 16.1. The number of thiazole rings is 1. The molecule has 4 heterocycles. The number of esters is 1. The van der Waals surface area contributed by atoms with Crippen LogP contribution >= 0.6 is 43.2 Å². The summed E-state index contributed by atoms with van der Waals surface area (Å²) in [5, 5.41) is 0. The number of ether oxygens (including phenoxy) is 3. The van der Waals surface area contributed by atoms with E-state index in [0.717, 1.165) is 20.9 Å². The zero-order valence-corrected chi connectivity index (χ0v) is 26.1. The van der Waals surface area contributed by atoms with Gasteiger partial charge in [-0.1, -0.05) is 62.6 Å². The number of carbonyl (C=O) groups excluding carboxylic acids is 1. The summed E-state index contributed by atoms with van der Waals surface area (Å²) in [6.07, 6.45) is 3.04. The Balaban J connectivity index is 1.51. The van der Waals surface area contributed by atoms with Crippen molar-refractivity contribution in [3.63, 3.8) is 0 Å². The molecule has 6 rings (SSSR count). The van der Waals surface area contributed by atoms with Crippen molar-refractivity contribution in [1.82, 2.24) is 4.57 Å². The third kappa shape index (κ3) is 5.22. The fraction of sp³-hybridized carbons (Fsp3) is 0.233. The molecule has 0 fully saturated rings. The number of nitrogens with zero attached hydrogens (tertiary/aromatic N) is 2. The van der Waals surface area contributed by atoms with Gasteiger partial charge in [-0.05, 0) is 61.4 Å². The maximum atomic E-state index is 14.0. The number of allylic oxidation sites excluding steroid dienone is 1. The van der Waals surface area contributed by atoms with Crippen LogP contribution in [0.25, 0.3) is 17.4 Å². The molecule has 0 radical (unpaired) electrons. The molecular formula is C30H24Br2N2O6S. The maximum Gasteiger partial charge on any atom is 0.338 e. The summed E-state index contributed by atoms with van der Waals surface area (Å²) >= 11 is 8.33. The van der Waals surface area contributed by atoms with Crippen LogP contribution in [0.5, 0.6) is 11.5 Å². The molecule has 1 atom stereocenters. The van der Waals surface area contributed by atoms with Gasteiger partial charge >= 0.3 is 5.97 Å². The lowest BCUT2D eigenvalue weighted by atomic mass is 9.94. The van der Waals surface area contributed by atoms with Gasteiger partial charge in [0.15, 0.2) is 16.3 Å². The number of hydrogen-bond donors (Lipinski definition) is 0. The third-order valence-electron chi connectivity index (χ3n) is 6.70. The second-order valence-corrected chi connectivity index (χ2v) is 12.1. The van der Waals surface area contributed by atoms with Crippen LogP contribution in [0, 0.1) is 0 Å². The first-order valence-electron chi connectivity index (χ1n) is 13.0. The fourth-order valence-electron chi connectivity index (χ4n) is 4.91. The van der Waals surface area contributed by atoms with Gasteiger partial charge in [-0.15, -0.1) is 0 Å². The van der Waals surface area contributed by atoms with Gasteiger partial charge in [-0.25, -0.2) is 9.79 Å². The lowest BCUT2D eigenvalue weighted by Gasteiger charge is -2.25. The molecule has 4 aromatic rings. The van der Waals surface area contributed by atoms with Crippen LogP contribution in [0.2, 0.25) is 0 Å². The Kier molecular flexibility index (Phi) is 7.76. The predicted octanol–water partition coefficient (Wildman–Crippen LogP) is 6.09. The average Bonchev–Trinajstić information content (AvgIpc) is 3.69. The molecule has 0 bridgehead atoms. The molecule has 0 saturated heterocycles. The summed E-state index contributed by atoms with van der Waals surface area (Å²) in [7, 11) is 0. The Hall–Kier alpha value is -3.41. The van der Waals surface area contributed by atoms with Crippen LogP contribution in [0.15, 0.2) is 83.0 Å². The van der Waals surface area contributed by atoms with Crippen LogP contribution in [-0.4, -0.2) is 23.9 Å². The van der Waals surface area contributed by atoms with Gasteiger partial charge in [0, 0.05) is 20.6 Å². The van der Waals surface area contributed by atoms with Gasteiger partial charge in [0.05, 0.1) is 28.5 Å². The van der Waals surface area contributed by atoms with Crippen molar-refractivity contribution in [3.05, 3.63) is 99.8 Å². The molecule has 2 aromatic carbocycles. The Labute approximate surface area is 255 Å². The van der Waals surface area contributed by atoms with Crippen LogP contribution < -0.4 is 24.4 Å². The SMILES string of the molecule is CCCC1=C(C(=O)OCC)[C@@H](c2ccc3c(c2)OCO3)n2c(s/c(=C/c3ccc(-c4cc(Br)ccc4Br)o3)c2=O)=N1. The molecule has 2 aliphatic heterocycles. The van der Waals surface area contributed by atoms with Crippen molar-refractivity contribution >= 4 is 55.2 Å². The zero-order chi connectivity index (χ0) is 28.7. The van der Waals surface area contributed by atoms with Crippen LogP contribution in [-0.2, 0) is 9.53 Å². The topological polar surface area (TPSA) is 92.3 Å². The number of halogens is 2. The summed E-state index contributed by atoms with van der Waals surface area (Å²) in [6, 6.07) is 14.2. The quantitative estimate of drug-likeness (QED) is 0.217. The van der Waals surface area contributed by atoms with Gasteiger partial charge < -0.3 is 18.6 Å². The second kappa shape index (κ2) is 11.5. The van der Waals surface area contributed by atoms with Crippen molar-refractivity contribution in [2.45, 2.75) is 32.7 Å². The van der Waals surface area contributed by atoms with Crippen LogP contribution in [0.3, 0.4) is 0 Å². The molecule has 0 aliphatic carbocycles. The van der Waals surface area contributed by atoms with E-state index in [1.807, 2.05) is 49.4 Å². The first-order valence-corrected chi connectivity index (χ1v) is 15.4. The van der Waals surface area contributed by atoms with E-state index >= 15 is 0 Å². The molecule has 0 amide bonds. The number of carbonyl (C=O) groups is 1. The number of rotatable bonds is 7. The van der Waals surface area contributed by atoms with E-state index in [1.54, 1.807) is 23.6 Å². The number of benzene rings is 2. The third-order valence-corrected chi connectivity index (χ3v) is 8.87. The average molecular weight is 700 g/mol. The summed E-state index contributed by atoms with van der Waals surface area (Å²) in [4.78, 5) is 32.7. The summed E-state index contributed by atoms with van der Waals surface area (Å²) in [6.45, 7) is 4.10. The zero-order valence-electron chi connectivity index (χ0n) is 22.1. The molecule has 0 unspecified atom stereocenters. The molecule has 11 heteroatoms. The van der Waals surface area contributed by atoms with E-state index < -0.39 is 12.0 Å². The van der Waals surface area contributed by atoms with Gasteiger partial charge in [0.2, 0.25) is 6.79 Å². The molecule has 41 heavy (non-hydrogen) atoms. The van der Waals surface area contributed by atoms with E-state index in [2.05, 4.69) is 31.9 Å². The fourth-order valence-corrected chi connectivity index (χ4v) is 6.71. The minimum Gasteiger partial charge on any atom is -0.463 e. The van der Waals surface area contributed by atoms with Crippen LogP contribution in [0.1, 0.15) is 44.1 Å². The number of furan rings is 1. The molecule has 0 N–H and O–H groups in total. The molecule has 2 aliphatic rings. The highest BCUT2D eigenvalue weighted by atomic mass is 79.9.